The lowest BCUT2D eigenvalue weighted by Crippen LogP contribution is -2.58. The van der Waals surface area contributed by atoms with Gasteiger partial charge in [0.25, 0.3) is 0 Å². The Balaban J connectivity index is 1.50. The zero-order valence-corrected chi connectivity index (χ0v) is 27.1. The number of rotatable bonds is 15. The van der Waals surface area contributed by atoms with E-state index in [1.54, 1.807) is 17.1 Å². The fourth-order valence-corrected chi connectivity index (χ4v) is 7.53. The fraction of sp³-hybridized carbons (Fsp3) is 0.459. The van der Waals surface area contributed by atoms with Crippen LogP contribution in [-0.4, -0.2) is 82.1 Å². The minimum absolute atomic E-state index is 0.0908. The summed E-state index contributed by atoms with van der Waals surface area (Å²) in [5.41, 5.74) is 0.164. The van der Waals surface area contributed by atoms with E-state index in [-0.39, 0.29) is 31.5 Å². The highest BCUT2D eigenvalue weighted by atomic mass is 16.5. The van der Waals surface area contributed by atoms with Crippen molar-refractivity contribution >= 4 is 23.7 Å². The number of amides is 3. The van der Waals surface area contributed by atoms with Crippen LogP contribution in [0.25, 0.3) is 0 Å². The molecule has 250 valence electrons. The van der Waals surface area contributed by atoms with Gasteiger partial charge in [-0.2, -0.15) is 0 Å². The Bertz CT molecular complexity index is 1460. The van der Waals surface area contributed by atoms with Crippen molar-refractivity contribution in [1.29, 1.82) is 0 Å². The van der Waals surface area contributed by atoms with Gasteiger partial charge in [-0.1, -0.05) is 72.8 Å². The summed E-state index contributed by atoms with van der Waals surface area (Å²) < 4.78 is 12.2. The number of allylic oxidation sites excluding steroid dienone is 1. The lowest BCUT2D eigenvalue weighted by molar-refractivity contribution is -0.152. The molecular formula is C37H45N3O7. The summed E-state index contributed by atoms with van der Waals surface area (Å²) >= 11 is 0. The Hall–Kier alpha value is -4.28. The molecule has 0 aliphatic carbocycles. The Labute approximate surface area is 276 Å². The highest BCUT2D eigenvalue weighted by Crippen LogP contribution is 2.60. The van der Waals surface area contributed by atoms with E-state index >= 15 is 0 Å². The number of nitrogens with one attached hydrogen (secondary N) is 1. The van der Waals surface area contributed by atoms with Crippen LogP contribution in [0, 0.1) is 11.8 Å². The number of hydrogen-bond donors (Lipinski definition) is 2. The van der Waals surface area contributed by atoms with Crippen molar-refractivity contribution in [2.45, 2.75) is 75.4 Å². The van der Waals surface area contributed by atoms with Crippen molar-refractivity contribution in [2.24, 2.45) is 11.8 Å². The van der Waals surface area contributed by atoms with Crippen molar-refractivity contribution in [1.82, 2.24) is 15.1 Å². The number of hydrogen-bond acceptors (Lipinski definition) is 7. The predicted octanol–water partition coefficient (Wildman–Crippen LogP) is 3.88. The van der Waals surface area contributed by atoms with Gasteiger partial charge in [0.15, 0.2) is 0 Å². The Kier molecular flexibility index (Phi) is 10.6. The van der Waals surface area contributed by atoms with Gasteiger partial charge in [0.05, 0.1) is 36.6 Å². The van der Waals surface area contributed by atoms with Gasteiger partial charge in [-0.05, 0) is 44.2 Å². The molecule has 5 rings (SSSR count). The number of carbonyl (C=O) groups is 4. The van der Waals surface area contributed by atoms with Crippen LogP contribution in [0.5, 0.6) is 0 Å². The Morgan fingerprint density at radius 2 is 1.74 bits per heavy atom. The number of esters is 1. The molecule has 10 heteroatoms. The third-order valence-electron chi connectivity index (χ3n) is 9.68. The molecule has 47 heavy (non-hydrogen) atoms. The van der Waals surface area contributed by atoms with Crippen molar-refractivity contribution < 1.29 is 33.8 Å². The third kappa shape index (κ3) is 6.49. The number of fused-ring (bicyclic) bond motifs is 1. The van der Waals surface area contributed by atoms with E-state index in [0.29, 0.717) is 24.8 Å². The van der Waals surface area contributed by atoms with Crippen LogP contribution < -0.4 is 5.32 Å². The number of benzene rings is 2. The van der Waals surface area contributed by atoms with Crippen molar-refractivity contribution in [3.05, 3.63) is 97.1 Å². The summed E-state index contributed by atoms with van der Waals surface area (Å²) in [5, 5.41) is 13.8. The average molecular weight is 644 g/mol. The van der Waals surface area contributed by atoms with Gasteiger partial charge in [-0.25, -0.2) is 0 Å². The van der Waals surface area contributed by atoms with Gasteiger partial charge in [-0.3, -0.25) is 19.2 Å². The quantitative estimate of drug-likeness (QED) is 0.223. The van der Waals surface area contributed by atoms with Gasteiger partial charge in [0.1, 0.15) is 18.2 Å². The molecule has 2 N–H and O–H groups in total. The maximum Gasteiger partial charge on any atom is 0.306 e. The second-order valence-corrected chi connectivity index (χ2v) is 12.8. The molecule has 3 saturated heterocycles. The Morgan fingerprint density at radius 3 is 2.34 bits per heavy atom. The zero-order valence-electron chi connectivity index (χ0n) is 27.1. The molecule has 3 heterocycles. The van der Waals surface area contributed by atoms with Crippen LogP contribution in [0.1, 0.15) is 62.7 Å². The van der Waals surface area contributed by atoms with Crippen LogP contribution in [0.3, 0.4) is 0 Å². The average Bonchev–Trinajstić information content (AvgIpc) is 3.73. The number of nitrogens with zero attached hydrogens (tertiary/aromatic N) is 2. The smallest absolute Gasteiger partial charge is 0.306 e. The molecule has 0 aromatic heterocycles. The summed E-state index contributed by atoms with van der Waals surface area (Å²) in [6.45, 7) is 11.0. The number of aliphatic hydroxyl groups excluding tert-OH is 1. The second-order valence-electron chi connectivity index (χ2n) is 12.8. The van der Waals surface area contributed by atoms with Crippen molar-refractivity contribution in [2.75, 3.05) is 19.8 Å². The molecule has 2 aromatic rings. The summed E-state index contributed by atoms with van der Waals surface area (Å²) in [4.78, 5) is 59.0. The minimum Gasteiger partial charge on any atom is -0.463 e. The highest BCUT2D eigenvalue weighted by Gasteiger charge is 2.75. The predicted molar refractivity (Wildman–Crippen MR) is 175 cm³/mol. The van der Waals surface area contributed by atoms with Crippen LogP contribution in [0.2, 0.25) is 0 Å². The van der Waals surface area contributed by atoms with E-state index in [0.717, 1.165) is 5.56 Å². The monoisotopic (exact) mass is 643 g/mol. The molecule has 10 nitrogen and oxygen atoms in total. The zero-order chi connectivity index (χ0) is 33.7. The van der Waals surface area contributed by atoms with E-state index in [1.165, 1.54) is 4.90 Å². The number of carbonyl (C=O) groups excluding carboxylic acids is 4. The van der Waals surface area contributed by atoms with Gasteiger partial charge in [0, 0.05) is 19.0 Å². The van der Waals surface area contributed by atoms with Gasteiger partial charge in [-0.15, -0.1) is 13.2 Å². The van der Waals surface area contributed by atoms with Gasteiger partial charge in [0.2, 0.25) is 17.7 Å². The van der Waals surface area contributed by atoms with Gasteiger partial charge >= 0.3 is 5.97 Å². The summed E-state index contributed by atoms with van der Waals surface area (Å²) in [6, 6.07) is 15.6. The minimum atomic E-state index is -1.25. The fourth-order valence-electron chi connectivity index (χ4n) is 7.53. The Morgan fingerprint density at radius 1 is 1.09 bits per heavy atom. The molecule has 2 aromatic carbocycles. The maximum atomic E-state index is 14.7. The van der Waals surface area contributed by atoms with Crippen molar-refractivity contribution in [3.63, 3.8) is 0 Å². The summed E-state index contributed by atoms with van der Waals surface area (Å²) in [6.07, 6.45) is 4.26. The first-order valence-electron chi connectivity index (χ1n) is 16.4. The molecule has 3 aliphatic heterocycles. The van der Waals surface area contributed by atoms with Crippen LogP contribution in [-0.2, 0) is 28.7 Å². The van der Waals surface area contributed by atoms with E-state index in [1.807, 2.05) is 74.5 Å². The highest BCUT2D eigenvalue weighted by molar-refractivity contribution is 5.99. The summed E-state index contributed by atoms with van der Waals surface area (Å²) in [5.74, 6) is -3.36. The van der Waals surface area contributed by atoms with Gasteiger partial charge < -0.3 is 29.7 Å². The van der Waals surface area contributed by atoms with E-state index < -0.39 is 66.1 Å². The maximum absolute atomic E-state index is 14.7. The molecule has 1 spiro atoms. The van der Waals surface area contributed by atoms with E-state index in [2.05, 4.69) is 18.5 Å². The number of ether oxygens (including phenoxy) is 2. The SMILES string of the molecule is C=CCCC(=O)OC[C@H](NC(=O)[C@@H]1[C@@H]2CC[C@]3(O2)[C@H](C(=O)N(CC=C)C(C)C)N([C@H](CO)c2ccccc2)C(=O)[C@@H]13)c1ccccc1. The molecule has 3 fully saturated rings. The number of likely N-dealkylation sites (tertiary alicyclic amines) is 1. The first-order chi connectivity index (χ1) is 22.7. The van der Waals surface area contributed by atoms with Crippen LogP contribution in [0.4, 0.5) is 0 Å². The third-order valence-corrected chi connectivity index (χ3v) is 9.68. The second kappa shape index (κ2) is 14.6. The first-order valence-corrected chi connectivity index (χ1v) is 16.4. The van der Waals surface area contributed by atoms with E-state index in [9.17, 15) is 24.3 Å². The van der Waals surface area contributed by atoms with Crippen LogP contribution in [0.15, 0.2) is 86.0 Å². The topological polar surface area (TPSA) is 125 Å². The number of aliphatic hydroxyl groups is 1. The molecule has 0 saturated carbocycles. The molecule has 0 unspecified atom stereocenters. The molecule has 0 radical (unpaired) electrons. The molecule has 3 aliphatic rings. The van der Waals surface area contributed by atoms with E-state index in [4.69, 9.17) is 9.47 Å². The standard InChI is InChI=1S/C37H45N3O7/c1-5-7-18-30(42)46-23-27(25-14-10-8-11-15-25)38-34(43)31-29-19-20-37(47-29)32(31)35(44)40(28(22-41)26-16-12-9-13-17-26)33(37)36(45)39(21-6-2)24(3)4/h5-6,8-17,24,27-29,31-33,41H,1-2,7,18-23H2,3-4H3,(H,38,43)/t27-,28+,29-,31+,32+,33-,37+/m0/s1. The normalized spacial score (nSPS) is 25.6. The largest absolute Gasteiger partial charge is 0.463 e. The van der Waals surface area contributed by atoms with Crippen LogP contribution >= 0.6 is 0 Å². The summed E-state index contributed by atoms with van der Waals surface area (Å²) in [7, 11) is 0. The molecule has 3 amide bonds. The lowest BCUT2D eigenvalue weighted by atomic mass is 9.70. The molecule has 7 atom stereocenters. The van der Waals surface area contributed by atoms with Crippen molar-refractivity contribution in [3.8, 4) is 0 Å². The first kappa shape index (κ1) is 34.1. The molecule has 2 bridgehead atoms. The lowest BCUT2D eigenvalue weighted by Gasteiger charge is -2.40. The molecular weight excluding hydrogens is 598 g/mol.